The summed E-state index contributed by atoms with van der Waals surface area (Å²) < 4.78 is 20.7. The molecule has 1 aromatic rings. The summed E-state index contributed by atoms with van der Waals surface area (Å²) in [5.41, 5.74) is 0.454. The summed E-state index contributed by atoms with van der Waals surface area (Å²) >= 11 is 0. The number of para-hydroxylation sites is 1. The van der Waals surface area contributed by atoms with Gasteiger partial charge in [0.1, 0.15) is 11.8 Å². The maximum Gasteiger partial charge on any atom is 0.410 e. The van der Waals surface area contributed by atoms with Gasteiger partial charge in [-0.15, -0.1) is 0 Å². The van der Waals surface area contributed by atoms with E-state index in [1.165, 1.54) is 0 Å². The first-order chi connectivity index (χ1) is 11.3. The molecule has 1 amide bonds. The lowest BCUT2D eigenvalue weighted by atomic mass is 9.94. The van der Waals surface area contributed by atoms with Gasteiger partial charge in [-0.05, 0) is 52.2 Å². The molecule has 0 saturated carbocycles. The Balaban J connectivity index is 1.76. The summed E-state index contributed by atoms with van der Waals surface area (Å²) in [4.78, 5) is 16.2. The zero-order valence-corrected chi connectivity index (χ0v) is 14.9. The molecule has 24 heavy (non-hydrogen) atoms. The number of piperidine rings is 1. The van der Waals surface area contributed by atoms with Gasteiger partial charge in [-0.3, -0.25) is 4.90 Å². The zero-order chi connectivity index (χ0) is 17.5. The lowest BCUT2D eigenvalue weighted by Crippen LogP contribution is -2.59. The highest BCUT2D eigenvalue weighted by atomic mass is 19.1. The van der Waals surface area contributed by atoms with E-state index in [2.05, 4.69) is 0 Å². The summed E-state index contributed by atoms with van der Waals surface area (Å²) in [6.45, 7) is 5.53. The van der Waals surface area contributed by atoms with Crippen LogP contribution in [0.1, 0.15) is 40.0 Å². The molecule has 2 heterocycles. The predicted octanol–water partition coefficient (Wildman–Crippen LogP) is 4.00. The molecule has 0 unspecified atom stereocenters. The van der Waals surface area contributed by atoms with E-state index in [1.54, 1.807) is 4.90 Å². The summed E-state index contributed by atoms with van der Waals surface area (Å²) in [6.07, 6.45) is 0.760. The largest absolute Gasteiger partial charge is 0.444 e. The second-order valence-electron chi connectivity index (χ2n) is 7.88. The first-order valence-corrected chi connectivity index (χ1v) is 8.71. The number of carbonyl (C=O) groups is 1. The van der Waals surface area contributed by atoms with Crippen LogP contribution in [0.4, 0.5) is 14.9 Å². The SMILES string of the molecule is CN(c1ccccc1)[C@H]1C[C@@H]2CC[C@H]([C@H]1F)N2C(=O)OC(C)(C)C. The molecular formula is C19H27FN2O2. The normalized spacial score (nSPS) is 29.5. The van der Waals surface area contributed by atoms with Gasteiger partial charge in [0.05, 0.1) is 12.1 Å². The molecule has 1 aromatic carbocycles. The minimum Gasteiger partial charge on any atom is -0.444 e. The van der Waals surface area contributed by atoms with Crippen LogP contribution in [0, 0.1) is 0 Å². The van der Waals surface area contributed by atoms with Crippen molar-refractivity contribution >= 4 is 11.8 Å². The van der Waals surface area contributed by atoms with Crippen LogP contribution in [0.3, 0.4) is 0 Å². The lowest BCUT2D eigenvalue weighted by Gasteiger charge is -2.45. The number of hydrogen-bond acceptors (Lipinski definition) is 3. The van der Waals surface area contributed by atoms with Crippen LogP contribution >= 0.6 is 0 Å². The van der Waals surface area contributed by atoms with Crippen LogP contribution in [0.25, 0.3) is 0 Å². The minimum atomic E-state index is -1.07. The minimum absolute atomic E-state index is 0.0630. The molecule has 0 spiro atoms. The third-order valence-corrected chi connectivity index (χ3v) is 5.06. The summed E-state index contributed by atoms with van der Waals surface area (Å²) in [6, 6.07) is 9.35. The molecule has 0 aromatic heterocycles. The van der Waals surface area contributed by atoms with Crippen LogP contribution in [-0.4, -0.2) is 47.9 Å². The number of rotatable bonds is 2. The summed E-state index contributed by atoms with van der Waals surface area (Å²) in [5.74, 6) is 0. The van der Waals surface area contributed by atoms with Gasteiger partial charge in [0, 0.05) is 18.8 Å². The average Bonchev–Trinajstić information content (AvgIpc) is 2.87. The van der Waals surface area contributed by atoms with Crippen molar-refractivity contribution in [2.24, 2.45) is 0 Å². The first-order valence-electron chi connectivity index (χ1n) is 8.71. The van der Waals surface area contributed by atoms with E-state index in [-0.39, 0.29) is 24.2 Å². The summed E-state index contributed by atoms with van der Waals surface area (Å²) in [5, 5.41) is 0. The molecule has 0 N–H and O–H groups in total. The number of anilines is 1. The highest BCUT2D eigenvalue weighted by Gasteiger charge is 2.51. The zero-order valence-electron chi connectivity index (χ0n) is 14.9. The number of nitrogens with zero attached hydrogens (tertiary/aromatic N) is 2. The smallest absolute Gasteiger partial charge is 0.410 e. The average molecular weight is 334 g/mol. The molecule has 2 aliphatic rings. The van der Waals surface area contributed by atoms with E-state index >= 15 is 4.39 Å². The van der Waals surface area contributed by atoms with Crippen molar-refractivity contribution in [1.82, 2.24) is 4.90 Å². The Labute approximate surface area is 143 Å². The molecule has 2 aliphatic heterocycles. The number of halogens is 1. The van der Waals surface area contributed by atoms with Gasteiger partial charge in [-0.25, -0.2) is 9.18 Å². The molecule has 2 bridgehead atoms. The Hall–Kier alpha value is -1.78. The third-order valence-electron chi connectivity index (χ3n) is 5.06. The van der Waals surface area contributed by atoms with Crippen molar-refractivity contribution in [3.8, 4) is 0 Å². The van der Waals surface area contributed by atoms with Crippen LogP contribution in [-0.2, 0) is 4.74 Å². The molecule has 2 fully saturated rings. The predicted molar refractivity (Wildman–Crippen MR) is 93.0 cm³/mol. The van der Waals surface area contributed by atoms with Gasteiger partial charge in [-0.1, -0.05) is 18.2 Å². The Morgan fingerprint density at radius 1 is 1.25 bits per heavy atom. The van der Waals surface area contributed by atoms with Crippen molar-refractivity contribution < 1.29 is 13.9 Å². The number of amides is 1. The molecule has 3 rings (SSSR count). The van der Waals surface area contributed by atoms with Gasteiger partial charge >= 0.3 is 6.09 Å². The number of carbonyl (C=O) groups excluding carboxylic acids is 1. The maximum absolute atomic E-state index is 15.2. The highest BCUT2D eigenvalue weighted by Crippen LogP contribution is 2.40. The van der Waals surface area contributed by atoms with Crippen molar-refractivity contribution in [3.63, 3.8) is 0 Å². The second-order valence-corrected chi connectivity index (χ2v) is 7.88. The third kappa shape index (κ3) is 3.21. The molecule has 0 radical (unpaired) electrons. The number of hydrogen-bond donors (Lipinski definition) is 0. The standard InChI is InChI=1S/C19H27FN2O2/c1-19(2,3)24-18(23)22-14-10-11-15(22)17(20)16(12-14)21(4)13-8-6-5-7-9-13/h5-9,14-17H,10-12H2,1-4H3/t14-,15+,16-,17+/m0/s1. The highest BCUT2D eigenvalue weighted by molar-refractivity contribution is 5.70. The lowest BCUT2D eigenvalue weighted by molar-refractivity contribution is -0.0103. The van der Waals surface area contributed by atoms with Crippen LogP contribution in [0.5, 0.6) is 0 Å². The van der Waals surface area contributed by atoms with Crippen LogP contribution < -0.4 is 4.90 Å². The van der Waals surface area contributed by atoms with E-state index in [0.717, 1.165) is 12.1 Å². The Bertz CT molecular complexity index is 587. The number of ether oxygens (including phenoxy) is 1. The quantitative estimate of drug-likeness (QED) is 0.819. The fourth-order valence-corrected chi connectivity index (χ4v) is 3.95. The first kappa shape index (κ1) is 17.1. The number of alkyl halides is 1. The van der Waals surface area contributed by atoms with Crippen molar-refractivity contribution in [1.29, 1.82) is 0 Å². The molecule has 0 aliphatic carbocycles. The Morgan fingerprint density at radius 3 is 2.54 bits per heavy atom. The van der Waals surface area contributed by atoms with E-state index in [9.17, 15) is 4.79 Å². The van der Waals surface area contributed by atoms with Gasteiger partial charge in [-0.2, -0.15) is 0 Å². The maximum atomic E-state index is 15.2. The van der Waals surface area contributed by atoms with Gasteiger partial charge < -0.3 is 9.64 Å². The van der Waals surface area contributed by atoms with E-state index in [4.69, 9.17) is 4.74 Å². The van der Waals surface area contributed by atoms with Gasteiger partial charge in [0.25, 0.3) is 0 Å². The molecule has 5 heteroatoms. The Kier molecular flexibility index (Phi) is 4.45. The van der Waals surface area contributed by atoms with Gasteiger partial charge in [0.15, 0.2) is 0 Å². The monoisotopic (exact) mass is 334 g/mol. The van der Waals surface area contributed by atoms with Crippen molar-refractivity contribution in [3.05, 3.63) is 30.3 Å². The number of fused-ring (bicyclic) bond motifs is 2. The fourth-order valence-electron chi connectivity index (χ4n) is 3.95. The van der Waals surface area contributed by atoms with E-state index in [0.29, 0.717) is 12.8 Å². The Morgan fingerprint density at radius 2 is 1.92 bits per heavy atom. The van der Waals surface area contributed by atoms with E-state index in [1.807, 2.05) is 63.1 Å². The van der Waals surface area contributed by atoms with Crippen molar-refractivity contribution in [2.45, 2.75) is 69.9 Å². The second kappa shape index (κ2) is 6.26. The topological polar surface area (TPSA) is 32.8 Å². The summed E-state index contributed by atoms with van der Waals surface area (Å²) in [7, 11) is 1.94. The van der Waals surface area contributed by atoms with Crippen molar-refractivity contribution in [2.75, 3.05) is 11.9 Å². The van der Waals surface area contributed by atoms with Crippen LogP contribution in [0.15, 0.2) is 30.3 Å². The number of benzene rings is 1. The fraction of sp³-hybridized carbons (Fsp3) is 0.632. The molecular weight excluding hydrogens is 307 g/mol. The van der Waals surface area contributed by atoms with Gasteiger partial charge in [0.2, 0.25) is 0 Å². The van der Waals surface area contributed by atoms with Crippen LogP contribution in [0.2, 0.25) is 0 Å². The molecule has 4 atom stereocenters. The molecule has 132 valence electrons. The van der Waals surface area contributed by atoms with E-state index < -0.39 is 11.8 Å². The molecule has 2 saturated heterocycles. The molecule has 4 nitrogen and oxygen atoms in total.